The Morgan fingerprint density at radius 3 is 2.30 bits per heavy atom. The molecule has 0 bridgehead atoms. The first-order valence-electron chi connectivity index (χ1n) is 8.40. The first-order valence-corrected chi connectivity index (χ1v) is 8.78. The van der Waals surface area contributed by atoms with Crippen LogP contribution in [0.1, 0.15) is 30.9 Å². The number of ether oxygens (including phenoxy) is 1. The summed E-state index contributed by atoms with van der Waals surface area (Å²) in [4.78, 5) is 12.5. The Balaban J connectivity index is 2.16. The summed E-state index contributed by atoms with van der Waals surface area (Å²) < 4.78 is 5.35. The summed E-state index contributed by atoms with van der Waals surface area (Å²) in [5, 5.41) is 18.4. The quantitative estimate of drug-likeness (QED) is 0.801. The third-order valence-electron chi connectivity index (χ3n) is 4.31. The fourth-order valence-electron chi connectivity index (χ4n) is 3.09. The lowest BCUT2D eigenvalue weighted by atomic mass is 10.2. The molecule has 0 saturated heterocycles. The van der Waals surface area contributed by atoms with Crippen LogP contribution in [-0.4, -0.2) is 30.2 Å². The number of hydrogen-bond acceptors (Lipinski definition) is 7. The van der Waals surface area contributed by atoms with E-state index in [1.807, 2.05) is 44.2 Å². The lowest BCUT2D eigenvalue weighted by molar-refractivity contribution is 0.415. The number of hydrogen-bond donors (Lipinski definition) is 0. The molecule has 7 nitrogen and oxygen atoms in total. The topological polar surface area (TPSA) is 89.1 Å². The molecule has 0 fully saturated rings. The fourth-order valence-corrected chi connectivity index (χ4v) is 3.27. The van der Waals surface area contributed by atoms with Crippen molar-refractivity contribution >= 4 is 29.1 Å². The molecule has 0 radical (unpaired) electrons. The largest absolute Gasteiger partial charge is 0.497 e. The molecule has 1 aliphatic rings. The minimum Gasteiger partial charge on any atom is -0.497 e. The molecule has 27 heavy (non-hydrogen) atoms. The maximum absolute atomic E-state index is 9.22. The van der Waals surface area contributed by atoms with E-state index in [4.69, 9.17) is 21.6 Å². The lowest BCUT2D eigenvalue weighted by Gasteiger charge is -2.23. The standard InChI is InChI=1S/C19H17ClN6O/c1-4-25-16-7-6-12(27-3)8-17(16)26(5-2)18(25)9-13-19(20)24-15(11-22)14(10-21)23-13/h6-9H,4-5H2,1-3H3/b18-9-. The molecule has 2 heterocycles. The van der Waals surface area contributed by atoms with Crippen LogP contribution in [0.5, 0.6) is 5.75 Å². The molecule has 136 valence electrons. The number of benzene rings is 1. The van der Waals surface area contributed by atoms with Gasteiger partial charge in [0.05, 0.1) is 18.5 Å². The molecule has 0 unspecified atom stereocenters. The van der Waals surface area contributed by atoms with E-state index in [1.165, 1.54) is 0 Å². The van der Waals surface area contributed by atoms with Gasteiger partial charge in [0.25, 0.3) is 0 Å². The van der Waals surface area contributed by atoms with Gasteiger partial charge in [0.2, 0.25) is 0 Å². The SMILES string of the molecule is CCN1/C(=C/c2nc(C#N)c(C#N)nc2Cl)N(CC)c2cc(OC)ccc21. The van der Waals surface area contributed by atoms with Crippen molar-refractivity contribution in [2.24, 2.45) is 0 Å². The van der Waals surface area contributed by atoms with Crippen molar-refractivity contribution in [2.45, 2.75) is 13.8 Å². The fraction of sp³-hybridized carbons (Fsp3) is 0.263. The van der Waals surface area contributed by atoms with Gasteiger partial charge in [-0.1, -0.05) is 11.6 Å². The van der Waals surface area contributed by atoms with E-state index in [2.05, 4.69) is 19.8 Å². The van der Waals surface area contributed by atoms with Crippen molar-refractivity contribution in [1.29, 1.82) is 10.5 Å². The van der Waals surface area contributed by atoms with Gasteiger partial charge in [0, 0.05) is 25.2 Å². The van der Waals surface area contributed by atoms with Crippen LogP contribution in [0.2, 0.25) is 5.15 Å². The highest BCUT2D eigenvalue weighted by Gasteiger charge is 2.30. The number of fused-ring (bicyclic) bond motifs is 1. The molecule has 0 spiro atoms. The Hall–Kier alpha value is -3.29. The van der Waals surface area contributed by atoms with E-state index in [-0.39, 0.29) is 16.5 Å². The molecule has 1 aromatic heterocycles. The maximum atomic E-state index is 9.22. The van der Waals surface area contributed by atoms with Gasteiger partial charge in [-0.25, -0.2) is 9.97 Å². The van der Waals surface area contributed by atoms with Gasteiger partial charge in [-0.2, -0.15) is 10.5 Å². The van der Waals surface area contributed by atoms with Crippen molar-refractivity contribution in [2.75, 3.05) is 30.0 Å². The molecular formula is C19H17ClN6O. The Labute approximate surface area is 162 Å². The Morgan fingerprint density at radius 1 is 1.07 bits per heavy atom. The van der Waals surface area contributed by atoms with Crippen LogP contribution in [-0.2, 0) is 0 Å². The molecule has 3 rings (SSSR count). The molecule has 2 aromatic rings. The smallest absolute Gasteiger partial charge is 0.178 e. The van der Waals surface area contributed by atoms with E-state index < -0.39 is 0 Å². The number of anilines is 2. The van der Waals surface area contributed by atoms with E-state index in [9.17, 15) is 5.26 Å². The van der Waals surface area contributed by atoms with Gasteiger partial charge in [0.1, 0.15) is 29.4 Å². The molecular weight excluding hydrogens is 364 g/mol. The minimum absolute atomic E-state index is 0.0444. The molecule has 0 atom stereocenters. The summed E-state index contributed by atoms with van der Waals surface area (Å²) in [6.07, 6.45) is 1.79. The average Bonchev–Trinajstić information content (AvgIpc) is 3.00. The summed E-state index contributed by atoms with van der Waals surface area (Å²) in [5.41, 5.74) is 2.28. The Morgan fingerprint density at radius 2 is 1.70 bits per heavy atom. The molecule has 0 aliphatic carbocycles. The number of aromatic nitrogens is 2. The van der Waals surface area contributed by atoms with Crippen LogP contribution in [0.15, 0.2) is 24.0 Å². The zero-order valence-corrected chi connectivity index (χ0v) is 15.9. The second kappa shape index (κ2) is 7.53. The Kier molecular flexibility index (Phi) is 5.16. The van der Waals surface area contributed by atoms with Crippen molar-refractivity contribution < 1.29 is 4.74 Å². The van der Waals surface area contributed by atoms with Gasteiger partial charge in [-0.05, 0) is 26.0 Å². The lowest BCUT2D eigenvalue weighted by Crippen LogP contribution is -2.28. The minimum atomic E-state index is -0.0798. The predicted octanol–water partition coefficient (Wildman–Crippen LogP) is 3.55. The van der Waals surface area contributed by atoms with E-state index in [0.29, 0.717) is 5.69 Å². The molecule has 0 amide bonds. The van der Waals surface area contributed by atoms with Crippen LogP contribution >= 0.6 is 11.6 Å². The summed E-state index contributed by atoms with van der Waals surface area (Å²) in [6.45, 7) is 5.54. The number of nitrogens with zero attached hydrogens (tertiary/aromatic N) is 6. The van der Waals surface area contributed by atoms with Crippen LogP contribution in [0.4, 0.5) is 11.4 Å². The van der Waals surface area contributed by atoms with Gasteiger partial charge in [-0.3, -0.25) is 0 Å². The first kappa shape index (κ1) is 18.5. The molecule has 0 N–H and O–H groups in total. The van der Waals surface area contributed by atoms with Gasteiger partial charge in [-0.15, -0.1) is 0 Å². The number of halogens is 1. The van der Waals surface area contributed by atoms with Crippen LogP contribution in [0.3, 0.4) is 0 Å². The van der Waals surface area contributed by atoms with Crippen LogP contribution < -0.4 is 14.5 Å². The molecule has 1 aromatic carbocycles. The van der Waals surface area contributed by atoms with Gasteiger partial charge >= 0.3 is 0 Å². The Bertz CT molecular complexity index is 1000. The van der Waals surface area contributed by atoms with E-state index in [1.54, 1.807) is 13.2 Å². The predicted molar refractivity (Wildman–Crippen MR) is 103 cm³/mol. The highest BCUT2D eigenvalue weighted by atomic mass is 35.5. The third-order valence-corrected chi connectivity index (χ3v) is 4.58. The van der Waals surface area contributed by atoms with Crippen molar-refractivity contribution in [1.82, 2.24) is 9.97 Å². The van der Waals surface area contributed by atoms with Crippen molar-refractivity contribution in [3.8, 4) is 17.9 Å². The first-order chi connectivity index (χ1) is 13.1. The second-order valence-corrected chi connectivity index (χ2v) is 6.02. The van der Waals surface area contributed by atoms with Crippen LogP contribution in [0, 0.1) is 22.7 Å². The zero-order valence-electron chi connectivity index (χ0n) is 15.2. The van der Waals surface area contributed by atoms with Crippen molar-refractivity contribution in [3.63, 3.8) is 0 Å². The molecule has 8 heteroatoms. The normalized spacial score (nSPS) is 14.1. The average molecular weight is 381 g/mol. The maximum Gasteiger partial charge on any atom is 0.178 e. The third kappa shape index (κ3) is 3.14. The van der Waals surface area contributed by atoms with Crippen molar-refractivity contribution in [3.05, 3.63) is 46.3 Å². The highest BCUT2D eigenvalue weighted by Crippen LogP contribution is 2.44. The van der Waals surface area contributed by atoms with Gasteiger partial charge in [0.15, 0.2) is 16.5 Å². The summed E-state index contributed by atoms with van der Waals surface area (Å²) in [6, 6.07) is 9.64. The number of rotatable bonds is 4. The molecule has 1 aliphatic heterocycles. The monoisotopic (exact) mass is 380 g/mol. The summed E-state index contributed by atoms with van der Waals surface area (Å²) >= 11 is 6.22. The summed E-state index contributed by atoms with van der Waals surface area (Å²) in [5.74, 6) is 1.64. The van der Waals surface area contributed by atoms with E-state index in [0.717, 1.165) is 36.0 Å². The number of methoxy groups -OCH3 is 1. The number of nitriles is 2. The van der Waals surface area contributed by atoms with Gasteiger partial charge < -0.3 is 14.5 Å². The highest BCUT2D eigenvalue weighted by molar-refractivity contribution is 6.30. The van der Waals surface area contributed by atoms with E-state index >= 15 is 0 Å². The molecule has 0 saturated carbocycles. The zero-order chi connectivity index (χ0) is 19.6. The second-order valence-electron chi connectivity index (χ2n) is 5.67. The van der Waals surface area contributed by atoms with Crippen LogP contribution in [0.25, 0.3) is 6.08 Å². The summed E-state index contributed by atoms with van der Waals surface area (Å²) in [7, 11) is 1.64.